The van der Waals surface area contributed by atoms with Crippen LogP contribution in [0.5, 0.6) is 0 Å². The van der Waals surface area contributed by atoms with Crippen molar-refractivity contribution >= 4 is 43.6 Å². The van der Waals surface area contributed by atoms with E-state index in [4.69, 9.17) is 0 Å². The summed E-state index contributed by atoms with van der Waals surface area (Å²) >= 11 is 0. The van der Waals surface area contributed by atoms with E-state index in [0.29, 0.717) is 11.1 Å². The quantitative estimate of drug-likeness (QED) is 0.199. The molecule has 4 nitrogen and oxygen atoms in total. The van der Waals surface area contributed by atoms with Crippen LogP contribution in [0.3, 0.4) is 0 Å². The first-order chi connectivity index (χ1) is 23.7. The van der Waals surface area contributed by atoms with Crippen molar-refractivity contribution in [1.29, 1.82) is 10.5 Å². The molecule has 0 saturated carbocycles. The zero-order chi connectivity index (χ0) is 32.2. The third-order valence-electron chi connectivity index (χ3n) is 9.43. The molecular formula is C44H26N4. The van der Waals surface area contributed by atoms with Crippen LogP contribution < -0.4 is 0 Å². The number of aromatic nitrogens is 2. The first kappa shape index (κ1) is 27.4. The molecule has 222 valence electrons. The van der Waals surface area contributed by atoms with Gasteiger partial charge in [-0.25, -0.2) is 0 Å². The fourth-order valence-electron chi connectivity index (χ4n) is 7.32. The van der Waals surface area contributed by atoms with E-state index in [1.54, 1.807) is 0 Å². The highest BCUT2D eigenvalue weighted by Gasteiger charge is 2.18. The standard InChI is InChI=1S/C44H26N4/c45-27-31-21-20-30(34-11-1-5-15-39(34)48-42-18-8-4-14-37(42)44-32(28-46)10-9-19-43(44)48)26-38(31)29-22-24-33(25-23-29)47-40-16-6-2-12-35(40)36-13-3-7-17-41(36)47/h1-26H. The average Bonchev–Trinajstić information content (AvgIpc) is 3.68. The summed E-state index contributed by atoms with van der Waals surface area (Å²) in [5.41, 5.74) is 11.6. The predicted molar refractivity (Wildman–Crippen MR) is 195 cm³/mol. The minimum absolute atomic E-state index is 0.622. The van der Waals surface area contributed by atoms with Gasteiger partial charge in [-0.05, 0) is 71.8 Å². The normalized spacial score (nSPS) is 11.3. The number of hydrogen-bond acceptors (Lipinski definition) is 2. The van der Waals surface area contributed by atoms with Crippen molar-refractivity contribution in [2.24, 2.45) is 0 Å². The summed E-state index contributed by atoms with van der Waals surface area (Å²) < 4.78 is 4.55. The van der Waals surface area contributed by atoms with E-state index in [0.717, 1.165) is 66.5 Å². The van der Waals surface area contributed by atoms with Gasteiger partial charge in [0.1, 0.15) is 0 Å². The highest BCUT2D eigenvalue weighted by molar-refractivity contribution is 6.12. The molecule has 9 rings (SSSR count). The summed E-state index contributed by atoms with van der Waals surface area (Å²) in [7, 11) is 0. The van der Waals surface area contributed by atoms with Gasteiger partial charge in [0, 0.05) is 38.4 Å². The van der Waals surface area contributed by atoms with Crippen LogP contribution in [-0.4, -0.2) is 9.13 Å². The van der Waals surface area contributed by atoms with Crippen molar-refractivity contribution < 1.29 is 0 Å². The van der Waals surface area contributed by atoms with Gasteiger partial charge in [-0.3, -0.25) is 0 Å². The second-order valence-electron chi connectivity index (χ2n) is 12.0. The number of rotatable bonds is 4. The SMILES string of the molecule is N#Cc1ccc(-c2ccccc2-n2c3ccccc3c3c(C#N)cccc32)cc1-c1ccc(-n2c3ccccc3c3ccccc32)cc1. The van der Waals surface area contributed by atoms with Gasteiger partial charge in [-0.2, -0.15) is 10.5 Å². The highest BCUT2D eigenvalue weighted by atomic mass is 15.0. The third-order valence-corrected chi connectivity index (χ3v) is 9.43. The molecule has 0 atom stereocenters. The molecule has 0 amide bonds. The molecule has 0 aliphatic heterocycles. The molecule has 0 fully saturated rings. The zero-order valence-corrected chi connectivity index (χ0v) is 25.8. The van der Waals surface area contributed by atoms with Gasteiger partial charge < -0.3 is 9.13 Å². The van der Waals surface area contributed by atoms with Crippen molar-refractivity contribution in [2.45, 2.75) is 0 Å². The Kier molecular flexibility index (Phi) is 6.22. The van der Waals surface area contributed by atoms with E-state index in [9.17, 15) is 10.5 Å². The molecule has 0 aliphatic rings. The Hall–Kier alpha value is -6.88. The minimum Gasteiger partial charge on any atom is -0.309 e. The van der Waals surface area contributed by atoms with Crippen LogP contribution >= 0.6 is 0 Å². The maximum atomic E-state index is 10.2. The molecule has 0 saturated heterocycles. The number of nitriles is 2. The maximum Gasteiger partial charge on any atom is 0.0998 e. The van der Waals surface area contributed by atoms with Gasteiger partial charge in [0.15, 0.2) is 0 Å². The number of para-hydroxylation sites is 4. The molecule has 0 bridgehead atoms. The van der Waals surface area contributed by atoms with Crippen molar-refractivity contribution in [3.63, 3.8) is 0 Å². The van der Waals surface area contributed by atoms with Gasteiger partial charge in [-0.15, -0.1) is 0 Å². The largest absolute Gasteiger partial charge is 0.309 e. The number of nitrogens with zero attached hydrogens (tertiary/aromatic N) is 4. The smallest absolute Gasteiger partial charge is 0.0998 e. The van der Waals surface area contributed by atoms with Gasteiger partial charge in [0.05, 0.1) is 51.0 Å². The third kappa shape index (κ3) is 4.07. The van der Waals surface area contributed by atoms with Crippen LogP contribution in [-0.2, 0) is 0 Å². The zero-order valence-electron chi connectivity index (χ0n) is 25.8. The van der Waals surface area contributed by atoms with Gasteiger partial charge in [0.25, 0.3) is 0 Å². The lowest BCUT2D eigenvalue weighted by Crippen LogP contribution is -1.98. The van der Waals surface area contributed by atoms with Crippen molar-refractivity contribution in [2.75, 3.05) is 0 Å². The van der Waals surface area contributed by atoms with Crippen molar-refractivity contribution in [3.05, 3.63) is 169 Å². The molecule has 0 spiro atoms. The number of hydrogen-bond donors (Lipinski definition) is 0. The molecule has 2 aromatic heterocycles. The van der Waals surface area contributed by atoms with Gasteiger partial charge in [0.2, 0.25) is 0 Å². The summed E-state index contributed by atoms with van der Waals surface area (Å²) in [6.45, 7) is 0. The molecule has 48 heavy (non-hydrogen) atoms. The lowest BCUT2D eigenvalue weighted by molar-refractivity contribution is 1.18. The van der Waals surface area contributed by atoms with E-state index in [-0.39, 0.29) is 0 Å². The second-order valence-corrected chi connectivity index (χ2v) is 12.0. The Morgan fingerprint density at radius 3 is 1.65 bits per heavy atom. The fraction of sp³-hybridized carbons (Fsp3) is 0. The predicted octanol–water partition coefficient (Wildman–Crippen LogP) is 11.0. The van der Waals surface area contributed by atoms with Gasteiger partial charge in [-0.1, -0.05) is 97.1 Å². The molecule has 0 N–H and O–H groups in total. The van der Waals surface area contributed by atoms with Crippen LogP contribution in [0.15, 0.2) is 158 Å². The molecule has 2 heterocycles. The van der Waals surface area contributed by atoms with E-state index >= 15 is 0 Å². The van der Waals surface area contributed by atoms with Crippen molar-refractivity contribution in [1.82, 2.24) is 9.13 Å². The van der Waals surface area contributed by atoms with Crippen LogP contribution in [0, 0.1) is 22.7 Å². The topological polar surface area (TPSA) is 57.4 Å². The van der Waals surface area contributed by atoms with Crippen molar-refractivity contribution in [3.8, 4) is 45.8 Å². The molecule has 0 aliphatic carbocycles. The highest BCUT2D eigenvalue weighted by Crippen LogP contribution is 2.39. The monoisotopic (exact) mass is 610 g/mol. The van der Waals surface area contributed by atoms with Crippen LogP contribution in [0.1, 0.15) is 11.1 Å². The summed E-state index contributed by atoms with van der Waals surface area (Å²) in [5, 5.41) is 24.6. The fourth-order valence-corrected chi connectivity index (χ4v) is 7.32. The van der Waals surface area contributed by atoms with E-state index in [1.165, 1.54) is 10.8 Å². The average molecular weight is 611 g/mol. The Morgan fingerprint density at radius 2 is 0.958 bits per heavy atom. The Balaban J connectivity index is 1.20. The Bertz CT molecular complexity index is 2750. The van der Waals surface area contributed by atoms with E-state index in [1.807, 2.05) is 48.5 Å². The molecular weight excluding hydrogens is 585 g/mol. The second kappa shape index (κ2) is 10.9. The summed E-state index contributed by atoms with van der Waals surface area (Å²) in [4.78, 5) is 0. The van der Waals surface area contributed by atoms with E-state index in [2.05, 4.69) is 130 Å². The lowest BCUT2D eigenvalue weighted by Gasteiger charge is -2.16. The Labute approximate surface area is 277 Å². The van der Waals surface area contributed by atoms with E-state index < -0.39 is 0 Å². The lowest BCUT2D eigenvalue weighted by atomic mass is 9.94. The summed E-state index contributed by atoms with van der Waals surface area (Å²) in [5.74, 6) is 0. The molecule has 4 heteroatoms. The minimum atomic E-state index is 0.622. The number of benzene rings is 7. The molecule has 0 radical (unpaired) electrons. The van der Waals surface area contributed by atoms with Gasteiger partial charge >= 0.3 is 0 Å². The molecule has 7 aromatic carbocycles. The Morgan fingerprint density at radius 1 is 0.396 bits per heavy atom. The molecule has 9 aromatic rings. The first-order valence-corrected chi connectivity index (χ1v) is 15.9. The first-order valence-electron chi connectivity index (χ1n) is 15.9. The van der Waals surface area contributed by atoms with Crippen LogP contribution in [0.4, 0.5) is 0 Å². The number of fused-ring (bicyclic) bond motifs is 6. The van der Waals surface area contributed by atoms with Crippen LogP contribution in [0.2, 0.25) is 0 Å². The van der Waals surface area contributed by atoms with Crippen LogP contribution in [0.25, 0.3) is 77.2 Å². The summed E-state index contributed by atoms with van der Waals surface area (Å²) in [6.07, 6.45) is 0. The molecule has 0 unspecified atom stereocenters. The summed E-state index contributed by atoms with van der Waals surface area (Å²) in [6, 6.07) is 58.9. The maximum absolute atomic E-state index is 10.2.